The second-order valence-electron chi connectivity index (χ2n) is 5.46. The monoisotopic (exact) mass is 259 g/mol. The summed E-state index contributed by atoms with van der Waals surface area (Å²) in [5.41, 5.74) is 7.46. The lowest BCUT2D eigenvalue weighted by molar-refractivity contribution is -0.0751. The molecule has 1 aromatic rings. The fourth-order valence-electron chi connectivity index (χ4n) is 3.15. The summed E-state index contributed by atoms with van der Waals surface area (Å²) in [5.74, 6) is 0.679. The lowest BCUT2D eigenvalue weighted by atomic mass is 9.73. The molecule has 1 saturated carbocycles. The molecular formula is C15H21N3O. The minimum Gasteiger partial charge on any atom is -0.378 e. The molecule has 0 atom stereocenters. The van der Waals surface area contributed by atoms with Crippen molar-refractivity contribution in [3.05, 3.63) is 35.9 Å². The molecule has 0 radical (unpaired) electrons. The van der Waals surface area contributed by atoms with E-state index in [0.717, 1.165) is 32.5 Å². The van der Waals surface area contributed by atoms with Gasteiger partial charge >= 0.3 is 0 Å². The van der Waals surface area contributed by atoms with Gasteiger partial charge in [0.2, 0.25) is 0 Å². The zero-order valence-electron chi connectivity index (χ0n) is 11.4. The molecule has 2 N–H and O–H groups in total. The Balaban J connectivity index is 1.70. The zero-order valence-corrected chi connectivity index (χ0v) is 11.4. The van der Waals surface area contributed by atoms with Gasteiger partial charge in [-0.25, -0.2) is 0 Å². The Morgan fingerprint density at radius 1 is 1.37 bits per heavy atom. The molecule has 0 unspecified atom stereocenters. The molecule has 1 spiro atoms. The minimum atomic E-state index is 0.111. The highest BCUT2D eigenvalue weighted by molar-refractivity contribution is 5.81. The number of hydrogen-bond acceptors (Lipinski definition) is 4. The van der Waals surface area contributed by atoms with Crippen LogP contribution in [-0.2, 0) is 11.3 Å². The van der Waals surface area contributed by atoms with Gasteiger partial charge in [-0.05, 0) is 25.3 Å². The molecule has 3 rings (SSSR count). The van der Waals surface area contributed by atoms with Crippen LogP contribution in [0.1, 0.15) is 25.3 Å². The van der Waals surface area contributed by atoms with Crippen LogP contribution in [0.3, 0.4) is 0 Å². The minimum absolute atomic E-state index is 0.111. The van der Waals surface area contributed by atoms with Crippen LogP contribution in [0.5, 0.6) is 0 Å². The number of aliphatic imine (C=N–C) groups is 1. The van der Waals surface area contributed by atoms with Crippen molar-refractivity contribution in [2.75, 3.05) is 13.2 Å². The van der Waals surface area contributed by atoms with Crippen molar-refractivity contribution in [1.29, 1.82) is 0 Å². The van der Waals surface area contributed by atoms with E-state index in [9.17, 15) is 0 Å². The molecule has 19 heavy (non-hydrogen) atoms. The molecule has 4 nitrogen and oxygen atoms in total. The molecule has 0 aromatic heterocycles. The summed E-state index contributed by atoms with van der Waals surface area (Å²) in [7, 11) is 0. The quantitative estimate of drug-likeness (QED) is 0.896. The fraction of sp³-hybridized carbons (Fsp3) is 0.533. The van der Waals surface area contributed by atoms with E-state index < -0.39 is 0 Å². The van der Waals surface area contributed by atoms with Crippen LogP contribution in [0.15, 0.2) is 35.3 Å². The van der Waals surface area contributed by atoms with Crippen LogP contribution >= 0.6 is 0 Å². The smallest absolute Gasteiger partial charge is 0.192 e. The van der Waals surface area contributed by atoms with Crippen LogP contribution in [0.25, 0.3) is 0 Å². The first kappa shape index (κ1) is 12.5. The first-order chi connectivity index (χ1) is 9.23. The zero-order chi connectivity index (χ0) is 13.3. The summed E-state index contributed by atoms with van der Waals surface area (Å²) < 4.78 is 5.68. The first-order valence-electron chi connectivity index (χ1n) is 6.96. The third-order valence-corrected chi connectivity index (χ3v) is 4.19. The molecule has 0 bridgehead atoms. The number of rotatable bonds is 4. The van der Waals surface area contributed by atoms with E-state index in [2.05, 4.69) is 34.2 Å². The number of ether oxygens (including phenoxy) is 1. The van der Waals surface area contributed by atoms with Gasteiger partial charge in [0, 0.05) is 13.2 Å². The number of nitrogens with zero attached hydrogens (tertiary/aromatic N) is 2. The predicted molar refractivity (Wildman–Crippen MR) is 75.9 cm³/mol. The summed E-state index contributed by atoms with van der Waals surface area (Å²) in [6.07, 6.45) is 2.46. The number of guanidine groups is 1. The molecule has 1 heterocycles. The number of benzene rings is 1. The van der Waals surface area contributed by atoms with Crippen LogP contribution in [-0.4, -0.2) is 35.7 Å². The van der Waals surface area contributed by atoms with Crippen molar-refractivity contribution in [2.24, 2.45) is 10.7 Å². The van der Waals surface area contributed by atoms with Gasteiger partial charge in [-0.3, -0.25) is 4.99 Å². The van der Waals surface area contributed by atoms with E-state index in [1.54, 1.807) is 0 Å². The van der Waals surface area contributed by atoms with E-state index >= 15 is 0 Å². The van der Waals surface area contributed by atoms with Gasteiger partial charge in [0.15, 0.2) is 5.96 Å². The van der Waals surface area contributed by atoms with Crippen molar-refractivity contribution < 1.29 is 4.74 Å². The second kappa shape index (κ2) is 4.85. The lowest BCUT2D eigenvalue weighted by Gasteiger charge is -2.50. The highest BCUT2D eigenvalue weighted by atomic mass is 16.5. The molecule has 0 saturated heterocycles. The molecule has 2 aliphatic rings. The highest BCUT2D eigenvalue weighted by Crippen LogP contribution is 2.43. The van der Waals surface area contributed by atoms with Gasteiger partial charge in [0.1, 0.15) is 0 Å². The van der Waals surface area contributed by atoms with E-state index in [0.29, 0.717) is 12.1 Å². The first-order valence-corrected chi connectivity index (χ1v) is 6.96. The molecule has 1 fully saturated rings. The van der Waals surface area contributed by atoms with Gasteiger partial charge in [-0.15, -0.1) is 0 Å². The van der Waals surface area contributed by atoms with Gasteiger partial charge in [-0.2, -0.15) is 0 Å². The standard InChI is InChI=1S/C15H21N3O/c1-2-19-13-8-15(9-13)11-17-14(16)18(15)10-12-6-4-3-5-7-12/h3-7,13H,2,8-11H2,1H3,(H2,16,17). The van der Waals surface area contributed by atoms with Crippen LogP contribution < -0.4 is 5.73 Å². The van der Waals surface area contributed by atoms with Crippen molar-refractivity contribution >= 4 is 5.96 Å². The van der Waals surface area contributed by atoms with Crippen molar-refractivity contribution in [3.8, 4) is 0 Å². The maximum atomic E-state index is 6.07. The maximum Gasteiger partial charge on any atom is 0.192 e. The van der Waals surface area contributed by atoms with E-state index in [1.165, 1.54) is 5.56 Å². The molecular weight excluding hydrogens is 238 g/mol. The van der Waals surface area contributed by atoms with Crippen molar-refractivity contribution in [3.63, 3.8) is 0 Å². The van der Waals surface area contributed by atoms with Gasteiger partial charge < -0.3 is 15.4 Å². The largest absolute Gasteiger partial charge is 0.378 e. The Kier molecular flexibility index (Phi) is 3.19. The number of nitrogens with two attached hydrogens (primary N) is 1. The average molecular weight is 259 g/mol. The Hall–Kier alpha value is -1.55. The fourth-order valence-corrected chi connectivity index (χ4v) is 3.15. The highest BCUT2D eigenvalue weighted by Gasteiger charge is 2.52. The Bertz CT molecular complexity index is 466. The topological polar surface area (TPSA) is 50.9 Å². The Labute approximate surface area is 114 Å². The van der Waals surface area contributed by atoms with Gasteiger partial charge in [-0.1, -0.05) is 30.3 Å². The Morgan fingerprint density at radius 2 is 2.11 bits per heavy atom. The predicted octanol–water partition coefficient (Wildman–Crippen LogP) is 1.75. The third kappa shape index (κ3) is 2.21. The summed E-state index contributed by atoms with van der Waals surface area (Å²) in [4.78, 5) is 6.71. The maximum absolute atomic E-state index is 6.07. The summed E-state index contributed by atoms with van der Waals surface area (Å²) in [5, 5.41) is 0. The summed E-state index contributed by atoms with van der Waals surface area (Å²) >= 11 is 0. The van der Waals surface area contributed by atoms with Crippen molar-refractivity contribution in [1.82, 2.24) is 4.90 Å². The SMILES string of the molecule is CCOC1CC2(CN=C(N)N2Cc2ccccc2)C1. The molecule has 102 valence electrons. The van der Waals surface area contributed by atoms with Crippen molar-refractivity contribution in [2.45, 2.75) is 38.0 Å². The molecule has 4 heteroatoms. The normalized spacial score (nSPS) is 29.4. The molecule has 0 amide bonds. The van der Waals surface area contributed by atoms with Crippen LogP contribution in [0, 0.1) is 0 Å². The average Bonchev–Trinajstić information content (AvgIpc) is 2.70. The Morgan fingerprint density at radius 3 is 2.79 bits per heavy atom. The van der Waals surface area contributed by atoms with Gasteiger partial charge in [0.25, 0.3) is 0 Å². The number of hydrogen-bond donors (Lipinski definition) is 1. The summed E-state index contributed by atoms with van der Waals surface area (Å²) in [6.45, 7) is 4.49. The van der Waals surface area contributed by atoms with E-state index in [-0.39, 0.29) is 5.54 Å². The van der Waals surface area contributed by atoms with Crippen LogP contribution in [0.2, 0.25) is 0 Å². The third-order valence-electron chi connectivity index (χ3n) is 4.19. The van der Waals surface area contributed by atoms with Gasteiger partial charge in [0.05, 0.1) is 18.2 Å². The second-order valence-corrected chi connectivity index (χ2v) is 5.46. The molecule has 1 aliphatic heterocycles. The van der Waals surface area contributed by atoms with Crippen LogP contribution in [0.4, 0.5) is 0 Å². The lowest BCUT2D eigenvalue weighted by Crippen LogP contribution is -2.61. The molecule has 1 aliphatic carbocycles. The summed E-state index contributed by atoms with van der Waals surface area (Å²) in [6, 6.07) is 10.4. The van der Waals surface area contributed by atoms with E-state index in [4.69, 9.17) is 10.5 Å². The van der Waals surface area contributed by atoms with E-state index in [1.807, 2.05) is 13.0 Å². The molecule has 1 aromatic carbocycles.